The molecule has 2 atom stereocenters. The molecule has 2 aromatic carbocycles. The highest BCUT2D eigenvalue weighted by Gasteiger charge is 2.44. The number of carbonyl (C=O) groups is 1. The average Bonchev–Trinajstić information content (AvgIpc) is 3.06. The van der Waals surface area contributed by atoms with Crippen LogP contribution in [0.5, 0.6) is 0 Å². The van der Waals surface area contributed by atoms with E-state index in [1.54, 1.807) is 11.2 Å². The Kier molecular flexibility index (Phi) is 5.18. The van der Waals surface area contributed by atoms with E-state index in [9.17, 15) is 4.79 Å². The van der Waals surface area contributed by atoms with E-state index in [0.29, 0.717) is 6.61 Å². The first-order valence-corrected chi connectivity index (χ1v) is 10.1. The van der Waals surface area contributed by atoms with Gasteiger partial charge in [0.2, 0.25) is 0 Å². The van der Waals surface area contributed by atoms with Gasteiger partial charge in [-0.2, -0.15) is 0 Å². The molecule has 2 aliphatic rings. The Morgan fingerprint density at radius 2 is 1.83 bits per heavy atom. The molecular formula is C25H27NO3. The van der Waals surface area contributed by atoms with Crippen molar-refractivity contribution in [1.82, 2.24) is 4.90 Å². The predicted molar refractivity (Wildman–Crippen MR) is 114 cm³/mol. The molecule has 1 fully saturated rings. The number of hydrogen-bond donors (Lipinski definition) is 0. The normalized spacial score (nSPS) is 21.6. The van der Waals surface area contributed by atoms with Crippen LogP contribution < -0.4 is 0 Å². The van der Waals surface area contributed by atoms with E-state index in [0.717, 1.165) is 28.8 Å². The van der Waals surface area contributed by atoms with Gasteiger partial charge in [-0.3, -0.25) is 4.90 Å². The molecule has 1 heterocycles. The number of rotatable bonds is 3. The maximum absolute atomic E-state index is 13.2. The zero-order valence-electron chi connectivity index (χ0n) is 17.2. The molecule has 0 N–H and O–H groups in total. The molecule has 1 aliphatic heterocycles. The van der Waals surface area contributed by atoms with Gasteiger partial charge in [0.1, 0.15) is 18.5 Å². The lowest BCUT2D eigenvalue weighted by atomic mass is 9.85. The summed E-state index contributed by atoms with van der Waals surface area (Å²) < 4.78 is 11.6. The van der Waals surface area contributed by atoms with Gasteiger partial charge in [0.05, 0.1) is 11.7 Å². The standard InChI is InChI=1S/C25H27NO3/c1-25(2,3)29-24(27)26-21(17-28-16-18-9-5-4-6-10-18)15-20-14-13-19-11-7-8-12-22(19)23(20)26/h4-14,17,20,23H,15-16H2,1-3H3/b21-17+/t20-,23+/m1/s1. The van der Waals surface area contributed by atoms with Crippen LogP contribution in [0.1, 0.15) is 49.9 Å². The molecule has 0 aromatic heterocycles. The fourth-order valence-electron chi connectivity index (χ4n) is 3.98. The molecule has 1 aliphatic carbocycles. The highest BCUT2D eigenvalue weighted by molar-refractivity contribution is 5.74. The Bertz CT molecular complexity index is 940. The summed E-state index contributed by atoms with van der Waals surface area (Å²) in [6, 6.07) is 18.2. The lowest BCUT2D eigenvalue weighted by molar-refractivity contribution is 0.0255. The van der Waals surface area contributed by atoms with Crippen molar-refractivity contribution in [2.24, 2.45) is 5.92 Å². The first kappa shape index (κ1) is 19.3. The third kappa shape index (κ3) is 4.21. The first-order chi connectivity index (χ1) is 13.9. The van der Waals surface area contributed by atoms with Crippen molar-refractivity contribution in [2.75, 3.05) is 0 Å². The van der Waals surface area contributed by atoms with Gasteiger partial charge in [-0.1, -0.05) is 66.7 Å². The predicted octanol–water partition coefficient (Wildman–Crippen LogP) is 6.07. The van der Waals surface area contributed by atoms with E-state index < -0.39 is 5.60 Å². The van der Waals surface area contributed by atoms with Gasteiger partial charge in [0, 0.05) is 5.92 Å². The van der Waals surface area contributed by atoms with Crippen molar-refractivity contribution < 1.29 is 14.3 Å². The Balaban J connectivity index is 1.63. The van der Waals surface area contributed by atoms with Crippen LogP contribution in [0, 0.1) is 5.92 Å². The van der Waals surface area contributed by atoms with Gasteiger partial charge in [-0.15, -0.1) is 0 Å². The smallest absolute Gasteiger partial charge is 0.415 e. The molecule has 2 aromatic rings. The molecule has 4 nitrogen and oxygen atoms in total. The van der Waals surface area contributed by atoms with Crippen LogP contribution in [0.4, 0.5) is 4.79 Å². The molecule has 0 spiro atoms. The van der Waals surface area contributed by atoms with Crippen molar-refractivity contribution >= 4 is 12.2 Å². The fourth-order valence-corrected chi connectivity index (χ4v) is 3.98. The quantitative estimate of drug-likeness (QED) is 0.598. The number of allylic oxidation sites excluding steroid dienone is 1. The molecule has 29 heavy (non-hydrogen) atoms. The minimum Gasteiger partial charge on any atom is -0.495 e. The second kappa shape index (κ2) is 7.78. The zero-order chi connectivity index (χ0) is 20.4. The van der Waals surface area contributed by atoms with Gasteiger partial charge < -0.3 is 9.47 Å². The van der Waals surface area contributed by atoms with Gasteiger partial charge in [0.25, 0.3) is 0 Å². The minimum absolute atomic E-state index is 0.0716. The van der Waals surface area contributed by atoms with Crippen molar-refractivity contribution in [3.63, 3.8) is 0 Å². The average molecular weight is 389 g/mol. The van der Waals surface area contributed by atoms with Crippen molar-refractivity contribution in [3.05, 3.63) is 89.3 Å². The molecule has 0 radical (unpaired) electrons. The fraction of sp³-hybridized carbons (Fsp3) is 0.320. The monoisotopic (exact) mass is 389 g/mol. The zero-order valence-corrected chi connectivity index (χ0v) is 17.2. The Labute approximate surface area is 172 Å². The number of likely N-dealkylation sites (tertiary alicyclic amines) is 1. The molecular weight excluding hydrogens is 362 g/mol. The molecule has 0 saturated carbocycles. The molecule has 1 saturated heterocycles. The minimum atomic E-state index is -0.560. The number of hydrogen-bond acceptors (Lipinski definition) is 3. The van der Waals surface area contributed by atoms with Gasteiger partial charge in [0.15, 0.2) is 0 Å². The Morgan fingerprint density at radius 1 is 1.10 bits per heavy atom. The summed E-state index contributed by atoms with van der Waals surface area (Å²) in [5, 5.41) is 0. The number of benzene rings is 2. The van der Waals surface area contributed by atoms with Crippen LogP contribution in [0.15, 0.2) is 72.6 Å². The second-order valence-corrected chi connectivity index (χ2v) is 8.56. The van der Waals surface area contributed by atoms with Gasteiger partial charge in [-0.25, -0.2) is 4.79 Å². The number of amides is 1. The molecule has 0 unspecified atom stereocenters. The van der Waals surface area contributed by atoms with Crippen LogP contribution in [0.2, 0.25) is 0 Å². The third-order valence-corrected chi connectivity index (χ3v) is 5.18. The van der Waals surface area contributed by atoms with Crippen molar-refractivity contribution in [2.45, 2.75) is 45.4 Å². The molecule has 4 heteroatoms. The van der Waals surface area contributed by atoms with E-state index in [-0.39, 0.29) is 18.1 Å². The first-order valence-electron chi connectivity index (χ1n) is 10.1. The SMILES string of the molecule is CC(C)(C)OC(=O)N1/C(=C/OCc2ccccc2)C[C@H]2C=Cc3ccccc3[C@H]21. The summed E-state index contributed by atoms with van der Waals surface area (Å²) in [6.45, 7) is 6.14. The second-order valence-electron chi connectivity index (χ2n) is 8.56. The number of nitrogens with zero attached hydrogens (tertiary/aromatic N) is 1. The lowest BCUT2D eigenvalue weighted by Gasteiger charge is -2.32. The molecule has 4 rings (SSSR count). The van der Waals surface area contributed by atoms with Crippen molar-refractivity contribution in [3.8, 4) is 0 Å². The number of fused-ring (bicyclic) bond motifs is 3. The van der Waals surface area contributed by atoms with Crippen LogP contribution in [-0.4, -0.2) is 16.6 Å². The Morgan fingerprint density at radius 3 is 2.59 bits per heavy atom. The summed E-state index contributed by atoms with van der Waals surface area (Å²) in [5.41, 5.74) is 3.68. The largest absolute Gasteiger partial charge is 0.495 e. The van der Waals surface area contributed by atoms with E-state index in [1.807, 2.05) is 63.2 Å². The molecule has 1 amide bonds. The summed E-state index contributed by atoms with van der Waals surface area (Å²) in [4.78, 5) is 14.9. The highest BCUT2D eigenvalue weighted by Crippen LogP contribution is 2.48. The summed E-state index contributed by atoms with van der Waals surface area (Å²) in [7, 11) is 0. The number of ether oxygens (including phenoxy) is 2. The topological polar surface area (TPSA) is 38.8 Å². The van der Waals surface area contributed by atoms with Crippen LogP contribution in [0.3, 0.4) is 0 Å². The maximum Gasteiger partial charge on any atom is 0.415 e. The van der Waals surface area contributed by atoms with E-state index in [1.165, 1.54) is 0 Å². The maximum atomic E-state index is 13.2. The Hall–Kier alpha value is -3.01. The lowest BCUT2D eigenvalue weighted by Crippen LogP contribution is -2.37. The summed E-state index contributed by atoms with van der Waals surface area (Å²) >= 11 is 0. The molecule has 150 valence electrons. The van der Waals surface area contributed by atoms with E-state index >= 15 is 0 Å². The van der Waals surface area contributed by atoms with Crippen LogP contribution in [0.25, 0.3) is 6.08 Å². The van der Waals surface area contributed by atoms with Crippen LogP contribution in [-0.2, 0) is 16.1 Å². The van der Waals surface area contributed by atoms with Gasteiger partial charge >= 0.3 is 6.09 Å². The van der Waals surface area contributed by atoms with Gasteiger partial charge in [-0.05, 0) is 43.9 Å². The third-order valence-electron chi connectivity index (χ3n) is 5.18. The highest BCUT2D eigenvalue weighted by atomic mass is 16.6. The summed E-state index contributed by atoms with van der Waals surface area (Å²) in [5.74, 6) is 0.212. The van der Waals surface area contributed by atoms with Crippen LogP contribution >= 0.6 is 0 Å². The molecule has 0 bridgehead atoms. The van der Waals surface area contributed by atoms with Crippen molar-refractivity contribution in [1.29, 1.82) is 0 Å². The number of carbonyl (C=O) groups excluding carboxylic acids is 1. The summed E-state index contributed by atoms with van der Waals surface area (Å²) in [6.07, 6.45) is 6.49. The van der Waals surface area contributed by atoms with E-state index in [4.69, 9.17) is 9.47 Å². The van der Waals surface area contributed by atoms with E-state index in [2.05, 4.69) is 24.3 Å².